The second-order valence-corrected chi connectivity index (χ2v) is 5.18. The first-order valence-corrected chi connectivity index (χ1v) is 6.23. The van der Waals surface area contributed by atoms with E-state index < -0.39 is 6.04 Å². The molecule has 1 aromatic carbocycles. The summed E-state index contributed by atoms with van der Waals surface area (Å²) in [5, 5.41) is 0. The van der Waals surface area contributed by atoms with E-state index in [1.54, 1.807) is 0 Å². The number of rotatable bonds is 3. The van der Waals surface area contributed by atoms with Crippen LogP contribution in [0.25, 0.3) is 0 Å². The van der Waals surface area contributed by atoms with Gasteiger partial charge in [0, 0.05) is 0 Å². The number of likely N-dealkylation sites (tertiary alicyclic amines) is 1. The molecule has 18 heavy (non-hydrogen) atoms. The molecule has 1 saturated carbocycles. The standard InChI is InChI=1S/C13H12N2O2S/c14-11(18)10(7-4-2-1-3-5-7)15-12(16)8-6-9(8)13(15)17/h1-5,8-10H,6H2,(H2,14,18). The molecule has 3 rings (SSSR count). The number of fused-ring (bicyclic) bond motifs is 1. The summed E-state index contributed by atoms with van der Waals surface area (Å²) in [7, 11) is 0. The Bertz CT molecular complexity index is 523. The smallest absolute Gasteiger partial charge is 0.234 e. The molecule has 1 aromatic rings. The fourth-order valence-electron chi connectivity index (χ4n) is 2.54. The maximum Gasteiger partial charge on any atom is 0.234 e. The van der Waals surface area contributed by atoms with Crippen molar-refractivity contribution in [3.8, 4) is 0 Å². The zero-order valence-electron chi connectivity index (χ0n) is 9.58. The van der Waals surface area contributed by atoms with E-state index in [-0.39, 0.29) is 28.6 Å². The predicted molar refractivity (Wildman–Crippen MR) is 69.4 cm³/mol. The number of thiocarbonyl (C=S) groups is 1. The van der Waals surface area contributed by atoms with Crippen molar-refractivity contribution < 1.29 is 9.59 Å². The number of nitrogens with two attached hydrogens (primary N) is 1. The largest absolute Gasteiger partial charge is 0.391 e. The highest BCUT2D eigenvalue weighted by Gasteiger charge is 2.60. The number of carbonyl (C=O) groups is 2. The van der Waals surface area contributed by atoms with Gasteiger partial charge in [0.2, 0.25) is 11.8 Å². The van der Waals surface area contributed by atoms with Gasteiger partial charge in [0.25, 0.3) is 0 Å². The molecule has 3 unspecified atom stereocenters. The third-order valence-corrected chi connectivity index (χ3v) is 3.77. The molecule has 4 nitrogen and oxygen atoms in total. The van der Waals surface area contributed by atoms with E-state index in [9.17, 15) is 9.59 Å². The number of carbonyl (C=O) groups excluding carboxylic acids is 2. The molecular weight excluding hydrogens is 248 g/mol. The van der Waals surface area contributed by atoms with Crippen LogP contribution in [0.15, 0.2) is 30.3 Å². The molecule has 0 bridgehead atoms. The van der Waals surface area contributed by atoms with Crippen molar-refractivity contribution in [3.05, 3.63) is 35.9 Å². The Morgan fingerprint density at radius 2 is 1.78 bits per heavy atom. The number of nitrogens with zero attached hydrogens (tertiary/aromatic N) is 1. The molecular formula is C13H12N2O2S. The number of amides is 2. The van der Waals surface area contributed by atoms with Gasteiger partial charge in [-0.05, 0) is 12.0 Å². The molecule has 2 aliphatic rings. The first-order valence-electron chi connectivity index (χ1n) is 5.82. The molecule has 0 aromatic heterocycles. The van der Waals surface area contributed by atoms with E-state index in [0.717, 1.165) is 5.56 Å². The third kappa shape index (κ3) is 1.54. The number of hydrogen-bond donors (Lipinski definition) is 1. The van der Waals surface area contributed by atoms with Crippen molar-refractivity contribution in [2.45, 2.75) is 12.5 Å². The van der Waals surface area contributed by atoms with Gasteiger partial charge < -0.3 is 5.73 Å². The molecule has 0 radical (unpaired) electrons. The van der Waals surface area contributed by atoms with E-state index in [4.69, 9.17) is 18.0 Å². The first kappa shape index (κ1) is 11.3. The van der Waals surface area contributed by atoms with Crippen LogP contribution in [0.1, 0.15) is 18.0 Å². The van der Waals surface area contributed by atoms with Gasteiger partial charge in [-0.3, -0.25) is 14.5 Å². The van der Waals surface area contributed by atoms with Gasteiger partial charge in [-0.25, -0.2) is 0 Å². The summed E-state index contributed by atoms with van der Waals surface area (Å²) in [4.78, 5) is 25.5. The van der Waals surface area contributed by atoms with E-state index in [2.05, 4.69) is 0 Å². The van der Waals surface area contributed by atoms with Crippen LogP contribution in [0.4, 0.5) is 0 Å². The Morgan fingerprint density at radius 1 is 1.22 bits per heavy atom. The van der Waals surface area contributed by atoms with Crippen LogP contribution in [0.5, 0.6) is 0 Å². The van der Waals surface area contributed by atoms with Gasteiger partial charge in [-0.1, -0.05) is 42.5 Å². The minimum atomic E-state index is -0.603. The van der Waals surface area contributed by atoms with Crippen LogP contribution in [-0.2, 0) is 9.59 Å². The predicted octanol–water partition coefficient (Wildman–Crippen LogP) is 1.02. The third-order valence-electron chi connectivity index (χ3n) is 3.54. The molecule has 2 amide bonds. The summed E-state index contributed by atoms with van der Waals surface area (Å²) in [6.45, 7) is 0. The monoisotopic (exact) mass is 260 g/mol. The summed E-state index contributed by atoms with van der Waals surface area (Å²) in [6, 6.07) is 8.60. The molecule has 1 aliphatic heterocycles. The molecule has 0 spiro atoms. The lowest BCUT2D eigenvalue weighted by molar-refractivity contribution is -0.142. The molecule has 92 valence electrons. The first-order chi connectivity index (χ1) is 8.61. The van der Waals surface area contributed by atoms with Gasteiger partial charge in [0.1, 0.15) is 11.0 Å². The quantitative estimate of drug-likeness (QED) is 0.651. The van der Waals surface area contributed by atoms with Crippen LogP contribution in [0, 0.1) is 11.8 Å². The van der Waals surface area contributed by atoms with E-state index in [1.165, 1.54) is 4.90 Å². The van der Waals surface area contributed by atoms with Gasteiger partial charge in [0.15, 0.2) is 0 Å². The van der Waals surface area contributed by atoms with Crippen LogP contribution in [0.3, 0.4) is 0 Å². The van der Waals surface area contributed by atoms with Crippen molar-refractivity contribution in [3.63, 3.8) is 0 Å². The summed E-state index contributed by atoms with van der Waals surface area (Å²) in [6.07, 6.45) is 0.688. The molecule has 2 fully saturated rings. The average molecular weight is 260 g/mol. The van der Waals surface area contributed by atoms with Gasteiger partial charge >= 0.3 is 0 Å². The van der Waals surface area contributed by atoms with Gasteiger partial charge in [-0.15, -0.1) is 0 Å². The summed E-state index contributed by atoms with van der Waals surface area (Å²) < 4.78 is 0. The fraction of sp³-hybridized carbons (Fsp3) is 0.308. The van der Waals surface area contributed by atoms with Crippen molar-refractivity contribution in [1.82, 2.24) is 4.90 Å². The molecule has 2 N–H and O–H groups in total. The highest BCUT2D eigenvalue weighted by Crippen LogP contribution is 2.49. The van der Waals surface area contributed by atoms with E-state index in [1.807, 2.05) is 30.3 Å². The highest BCUT2D eigenvalue weighted by molar-refractivity contribution is 7.80. The molecule has 3 atom stereocenters. The molecule has 1 saturated heterocycles. The zero-order chi connectivity index (χ0) is 12.9. The van der Waals surface area contributed by atoms with E-state index in [0.29, 0.717) is 6.42 Å². The van der Waals surface area contributed by atoms with Gasteiger partial charge in [-0.2, -0.15) is 0 Å². The summed E-state index contributed by atoms with van der Waals surface area (Å²) in [5.74, 6) is -0.519. The minimum absolute atomic E-state index is 0.127. The normalized spacial score (nSPS) is 27.0. The second kappa shape index (κ2) is 3.88. The van der Waals surface area contributed by atoms with Gasteiger partial charge in [0.05, 0.1) is 11.8 Å². The lowest BCUT2D eigenvalue weighted by atomic mass is 10.1. The molecule has 1 heterocycles. The Labute approximate surface area is 110 Å². The van der Waals surface area contributed by atoms with Crippen molar-refractivity contribution in [2.24, 2.45) is 17.6 Å². The van der Waals surface area contributed by atoms with Crippen LogP contribution < -0.4 is 5.73 Å². The number of benzene rings is 1. The van der Waals surface area contributed by atoms with Crippen molar-refractivity contribution in [2.75, 3.05) is 0 Å². The highest BCUT2D eigenvalue weighted by atomic mass is 32.1. The number of hydrogen-bond acceptors (Lipinski definition) is 3. The summed E-state index contributed by atoms with van der Waals surface area (Å²) in [5.41, 5.74) is 6.50. The van der Waals surface area contributed by atoms with Crippen LogP contribution in [-0.4, -0.2) is 21.7 Å². The molecule has 5 heteroatoms. The fourth-order valence-corrected chi connectivity index (χ4v) is 2.78. The van der Waals surface area contributed by atoms with Crippen LogP contribution >= 0.6 is 12.2 Å². The van der Waals surface area contributed by atoms with Crippen LogP contribution in [0.2, 0.25) is 0 Å². The minimum Gasteiger partial charge on any atom is -0.391 e. The maximum atomic E-state index is 12.1. The Balaban J connectivity index is 1.99. The second-order valence-electron chi connectivity index (χ2n) is 4.71. The van der Waals surface area contributed by atoms with Crippen molar-refractivity contribution >= 4 is 29.0 Å². The summed E-state index contributed by atoms with van der Waals surface area (Å²) >= 11 is 5.03. The maximum absolute atomic E-state index is 12.1. The topological polar surface area (TPSA) is 63.4 Å². The number of imide groups is 1. The van der Waals surface area contributed by atoms with E-state index >= 15 is 0 Å². The lowest BCUT2D eigenvalue weighted by Gasteiger charge is -2.27. The average Bonchev–Trinajstić information content (AvgIpc) is 3.10. The van der Waals surface area contributed by atoms with Crippen molar-refractivity contribution in [1.29, 1.82) is 0 Å². The Hall–Kier alpha value is -1.75. The Morgan fingerprint density at radius 3 is 2.28 bits per heavy atom. The lowest BCUT2D eigenvalue weighted by Crippen LogP contribution is -2.42. The zero-order valence-corrected chi connectivity index (χ0v) is 10.4. The Kier molecular flexibility index (Phi) is 2.45. The molecule has 1 aliphatic carbocycles. The number of piperidine rings is 1. The SMILES string of the molecule is NC(=S)C(c1ccccc1)N1C(=O)C2CC2C1=O.